The first kappa shape index (κ1) is 11.0. The molecule has 1 atom stereocenters. The first-order chi connectivity index (χ1) is 8.24. The molecule has 0 heterocycles. The number of nitrogens with zero attached hydrogens (tertiary/aromatic N) is 1. The van der Waals surface area contributed by atoms with Crippen LogP contribution < -0.4 is 0 Å². The molecule has 0 amide bonds. The maximum Gasteiger partial charge on any atom is 0.0643 e. The lowest BCUT2D eigenvalue weighted by atomic mass is 9.83. The van der Waals surface area contributed by atoms with E-state index in [4.69, 9.17) is 4.99 Å². The van der Waals surface area contributed by atoms with Gasteiger partial charge in [-0.3, -0.25) is 4.99 Å². The Morgan fingerprint density at radius 2 is 1.76 bits per heavy atom. The summed E-state index contributed by atoms with van der Waals surface area (Å²) in [5.74, 6) is 0. The van der Waals surface area contributed by atoms with Crippen molar-refractivity contribution >= 4 is 6.21 Å². The third kappa shape index (κ3) is 1.92. The molecule has 0 saturated heterocycles. The van der Waals surface area contributed by atoms with Crippen molar-refractivity contribution in [2.24, 2.45) is 10.4 Å². The molecule has 1 aromatic rings. The zero-order valence-corrected chi connectivity index (χ0v) is 10.7. The lowest BCUT2D eigenvalue weighted by Crippen LogP contribution is -2.18. The van der Waals surface area contributed by atoms with E-state index in [1.165, 1.54) is 44.1 Å². The summed E-state index contributed by atoms with van der Waals surface area (Å²) in [6.07, 6.45) is 10.4. The van der Waals surface area contributed by atoms with Crippen molar-refractivity contribution in [2.75, 3.05) is 0 Å². The molecule has 90 valence electrons. The average molecular weight is 227 g/mol. The van der Waals surface area contributed by atoms with Gasteiger partial charge in [0.05, 0.1) is 5.54 Å². The third-order valence-electron chi connectivity index (χ3n) is 4.81. The van der Waals surface area contributed by atoms with Gasteiger partial charge in [0, 0.05) is 6.21 Å². The molecule has 3 rings (SSSR count). The Morgan fingerprint density at radius 3 is 2.47 bits per heavy atom. The first-order valence-corrected chi connectivity index (χ1v) is 6.85. The number of rotatable bonds is 2. The highest BCUT2D eigenvalue weighted by Crippen LogP contribution is 2.66. The van der Waals surface area contributed by atoms with Gasteiger partial charge in [-0.2, -0.15) is 0 Å². The van der Waals surface area contributed by atoms with Gasteiger partial charge < -0.3 is 0 Å². The molecule has 2 saturated carbocycles. The summed E-state index contributed by atoms with van der Waals surface area (Å²) in [6, 6.07) is 10.5. The van der Waals surface area contributed by atoms with Crippen molar-refractivity contribution in [2.45, 2.75) is 51.0 Å². The maximum absolute atomic E-state index is 4.89. The standard InChI is InChI=1S/C16H21N/c1-15(13-16(15)10-6-3-7-11-16)17-12-14-8-4-2-5-9-14/h2,4-5,8-9,12H,3,6-7,10-11,13H2,1H3. The number of hydrogen-bond donors (Lipinski definition) is 0. The van der Waals surface area contributed by atoms with Crippen LogP contribution in [0.3, 0.4) is 0 Å². The largest absolute Gasteiger partial charge is 0.286 e. The van der Waals surface area contributed by atoms with Gasteiger partial charge in [-0.1, -0.05) is 49.6 Å². The second-order valence-corrected chi connectivity index (χ2v) is 5.96. The summed E-state index contributed by atoms with van der Waals surface area (Å²) >= 11 is 0. The van der Waals surface area contributed by atoms with E-state index in [2.05, 4.69) is 43.5 Å². The second kappa shape index (κ2) is 3.97. The zero-order chi connectivity index (χ0) is 11.8. The van der Waals surface area contributed by atoms with Crippen LogP contribution >= 0.6 is 0 Å². The fourth-order valence-corrected chi connectivity index (χ4v) is 3.50. The number of aliphatic imine (C=N–C) groups is 1. The predicted molar refractivity (Wildman–Crippen MR) is 72.6 cm³/mol. The van der Waals surface area contributed by atoms with Crippen molar-refractivity contribution in [1.29, 1.82) is 0 Å². The Balaban J connectivity index is 1.72. The molecule has 0 N–H and O–H groups in total. The quantitative estimate of drug-likeness (QED) is 0.671. The van der Waals surface area contributed by atoms with Gasteiger partial charge in [-0.25, -0.2) is 0 Å². The SMILES string of the molecule is CC1(N=Cc2ccccc2)CC12CCCCC2. The van der Waals surface area contributed by atoms with Crippen LogP contribution in [0.25, 0.3) is 0 Å². The van der Waals surface area contributed by atoms with Crippen molar-refractivity contribution in [3.63, 3.8) is 0 Å². The molecule has 0 aromatic heterocycles. The molecule has 2 aliphatic carbocycles. The van der Waals surface area contributed by atoms with Crippen LogP contribution in [0.15, 0.2) is 35.3 Å². The topological polar surface area (TPSA) is 12.4 Å². The molecule has 1 unspecified atom stereocenters. The van der Waals surface area contributed by atoms with E-state index in [1.54, 1.807) is 0 Å². The highest BCUT2D eigenvalue weighted by molar-refractivity contribution is 5.80. The Bertz CT molecular complexity index is 414. The molecule has 2 fully saturated rings. The molecule has 1 nitrogen and oxygen atoms in total. The fraction of sp³-hybridized carbons (Fsp3) is 0.562. The van der Waals surface area contributed by atoms with E-state index in [-0.39, 0.29) is 5.54 Å². The van der Waals surface area contributed by atoms with E-state index in [9.17, 15) is 0 Å². The molecule has 0 bridgehead atoms. The second-order valence-electron chi connectivity index (χ2n) is 5.96. The Hall–Kier alpha value is -1.11. The van der Waals surface area contributed by atoms with Crippen LogP contribution in [0.2, 0.25) is 0 Å². The van der Waals surface area contributed by atoms with Crippen LogP contribution in [0.4, 0.5) is 0 Å². The van der Waals surface area contributed by atoms with Gasteiger partial charge in [0.1, 0.15) is 0 Å². The highest BCUT2D eigenvalue weighted by Gasteiger charge is 2.63. The minimum absolute atomic E-state index is 0.239. The van der Waals surface area contributed by atoms with Crippen molar-refractivity contribution < 1.29 is 0 Å². The normalized spacial score (nSPS) is 30.9. The monoisotopic (exact) mass is 227 g/mol. The molecule has 0 aliphatic heterocycles. The van der Waals surface area contributed by atoms with Gasteiger partial charge in [-0.15, -0.1) is 0 Å². The molecular weight excluding hydrogens is 206 g/mol. The van der Waals surface area contributed by atoms with Gasteiger partial charge >= 0.3 is 0 Å². The molecule has 1 aromatic carbocycles. The first-order valence-electron chi connectivity index (χ1n) is 6.85. The molecule has 0 radical (unpaired) electrons. The molecule has 2 aliphatic rings. The van der Waals surface area contributed by atoms with E-state index >= 15 is 0 Å². The average Bonchev–Trinajstić information content (AvgIpc) is 2.93. The Kier molecular flexibility index (Phi) is 2.57. The summed E-state index contributed by atoms with van der Waals surface area (Å²) in [6.45, 7) is 2.35. The highest BCUT2D eigenvalue weighted by atomic mass is 15.0. The van der Waals surface area contributed by atoms with Crippen LogP contribution in [0.5, 0.6) is 0 Å². The lowest BCUT2D eigenvalue weighted by Gasteiger charge is -2.24. The van der Waals surface area contributed by atoms with Crippen LogP contribution in [-0.4, -0.2) is 11.8 Å². The van der Waals surface area contributed by atoms with E-state index in [0.717, 1.165) is 0 Å². The van der Waals surface area contributed by atoms with Crippen LogP contribution in [0.1, 0.15) is 51.0 Å². The Morgan fingerprint density at radius 1 is 1.06 bits per heavy atom. The minimum Gasteiger partial charge on any atom is -0.286 e. The van der Waals surface area contributed by atoms with Crippen molar-refractivity contribution in [3.05, 3.63) is 35.9 Å². The van der Waals surface area contributed by atoms with Gasteiger partial charge in [0.2, 0.25) is 0 Å². The van der Waals surface area contributed by atoms with Crippen molar-refractivity contribution in [3.8, 4) is 0 Å². The van der Waals surface area contributed by atoms with E-state index in [0.29, 0.717) is 5.41 Å². The van der Waals surface area contributed by atoms with Gasteiger partial charge in [0.15, 0.2) is 0 Å². The van der Waals surface area contributed by atoms with Crippen LogP contribution in [0, 0.1) is 5.41 Å². The van der Waals surface area contributed by atoms with Gasteiger partial charge in [-0.05, 0) is 37.2 Å². The summed E-state index contributed by atoms with van der Waals surface area (Å²) in [5, 5.41) is 0. The smallest absolute Gasteiger partial charge is 0.0643 e. The molecule has 1 heteroatoms. The molecule has 17 heavy (non-hydrogen) atoms. The molecule has 1 spiro atoms. The summed E-state index contributed by atoms with van der Waals surface area (Å²) in [4.78, 5) is 4.89. The Labute approximate surface area is 104 Å². The fourth-order valence-electron chi connectivity index (χ4n) is 3.50. The minimum atomic E-state index is 0.239. The summed E-state index contributed by atoms with van der Waals surface area (Å²) < 4.78 is 0. The maximum atomic E-state index is 4.89. The summed E-state index contributed by atoms with van der Waals surface area (Å²) in [7, 11) is 0. The van der Waals surface area contributed by atoms with Crippen LogP contribution in [-0.2, 0) is 0 Å². The number of hydrogen-bond acceptors (Lipinski definition) is 1. The zero-order valence-electron chi connectivity index (χ0n) is 10.7. The molecular formula is C16H21N. The third-order valence-corrected chi connectivity index (χ3v) is 4.81. The van der Waals surface area contributed by atoms with E-state index in [1.807, 2.05) is 0 Å². The lowest BCUT2D eigenvalue weighted by molar-refractivity contribution is 0.298. The van der Waals surface area contributed by atoms with E-state index < -0.39 is 0 Å². The number of benzene rings is 1. The van der Waals surface area contributed by atoms with Gasteiger partial charge in [0.25, 0.3) is 0 Å². The summed E-state index contributed by atoms with van der Waals surface area (Å²) in [5.41, 5.74) is 2.03. The predicted octanol–water partition coefficient (Wildman–Crippen LogP) is 4.22. The van der Waals surface area contributed by atoms with Crippen molar-refractivity contribution in [1.82, 2.24) is 0 Å².